The maximum Gasteiger partial charge on any atom is 0.247 e. The lowest BCUT2D eigenvalue weighted by Gasteiger charge is -2.31. The number of likely N-dealkylation sites (tertiary alicyclic amines) is 1. The van der Waals surface area contributed by atoms with E-state index in [1.807, 2.05) is 18.2 Å². The van der Waals surface area contributed by atoms with E-state index in [1.165, 1.54) is 24.8 Å². The predicted octanol–water partition coefficient (Wildman–Crippen LogP) is 3.92. The molecule has 6 nitrogen and oxygen atoms in total. The molecule has 1 saturated heterocycles. The van der Waals surface area contributed by atoms with Crippen LogP contribution in [-0.2, 0) is 13.0 Å². The van der Waals surface area contributed by atoms with Crippen LogP contribution < -0.4 is 9.47 Å². The molecule has 3 heterocycles. The lowest BCUT2D eigenvalue weighted by molar-refractivity contribution is 0.164. The fraction of sp³-hybridized carbons (Fsp3) is 0.364. The van der Waals surface area contributed by atoms with Crippen molar-refractivity contribution in [3.63, 3.8) is 0 Å². The number of aromatic nitrogens is 2. The van der Waals surface area contributed by atoms with Gasteiger partial charge >= 0.3 is 0 Å². The summed E-state index contributed by atoms with van der Waals surface area (Å²) in [5.74, 6) is 3.41. The van der Waals surface area contributed by atoms with Crippen molar-refractivity contribution in [3.05, 3.63) is 60.0 Å². The molecule has 5 rings (SSSR count). The summed E-state index contributed by atoms with van der Waals surface area (Å²) in [6.07, 6.45) is 3.58. The van der Waals surface area contributed by atoms with Gasteiger partial charge in [-0.2, -0.15) is 0 Å². The van der Waals surface area contributed by atoms with E-state index in [1.54, 1.807) is 0 Å². The highest BCUT2D eigenvalue weighted by Gasteiger charge is 2.22. The smallest absolute Gasteiger partial charge is 0.247 e. The van der Waals surface area contributed by atoms with E-state index < -0.39 is 0 Å². The third-order valence-electron chi connectivity index (χ3n) is 5.52. The highest BCUT2D eigenvalue weighted by atomic mass is 16.7. The van der Waals surface area contributed by atoms with Gasteiger partial charge < -0.3 is 13.9 Å². The topological polar surface area (TPSA) is 60.6 Å². The molecule has 0 spiro atoms. The van der Waals surface area contributed by atoms with Gasteiger partial charge in [0.15, 0.2) is 11.5 Å². The van der Waals surface area contributed by atoms with E-state index in [2.05, 4.69) is 45.4 Å². The Morgan fingerprint density at radius 1 is 0.929 bits per heavy atom. The van der Waals surface area contributed by atoms with Crippen molar-refractivity contribution < 1.29 is 13.9 Å². The molecule has 2 aromatic carbocycles. The second kappa shape index (κ2) is 7.64. The third-order valence-corrected chi connectivity index (χ3v) is 5.52. The van der Waals surface area contributed by atoms with Crippen LogP contribution in [0.15, 0.2) is 52.9 Å². The Morgan fingerprint density at radius 2 is 1.75 bits per heavy atom. The molecule has 3 aromatic rings. The predicted molar refractivity (Wildman–Crippen MR) is 104 cm³/mol. The standard InChI is InChI=1S/C22H23N3O3/c1-2-4-16(5-3-1)12-17-8-10-25(11-9-17)14-21-23-24-22(28-21)18-6-7-19-20(13-18)27-15-26-19/h1-7,13,17H,8-12,14-15H2. The van der Waals surface area contributed by atoms with E-state index in [4.69, 9.17) is 13.9 Å². The molecule has 2 aliphatic heterocycles. The monoisotopic (exact) mass is 377 g/mol. The zero-order chi connectivity index (χ0) is 18.8. The molecule has 144 valence electrons. The number of rotatable bonds is 5. The molecule has 0 radical (unpaired) electrons. The van der Waals surface area contributed by atoms with Crippen LogP contribution in [0.25, 0.3) is 11.5 Å². The summed E-state index contributed by atoms with van der Waals surface area (Å²) in [6, 6.07) is 16.4. The van der Waals surface area contributed by atoms with Crippen molar-refractivity contribution >= 4 is 0 Å². The van der Waals surface area contributed by atoms with Crippen LogP contribution in [0.5, 0.6) is 11.5 Å². The first kappa shape index (κ1) is 17.3. The SMILES string of the molecule is c1ccc(CC2CCN(Cc3nnc(-c4ccc5c(c4)OCO5)o3)CC2)cc1. The zero-order valence-corrected chi connectivity index (χ0v) is 15.7. The van der Waals surface area contributed by atoms with Gasteiger partial charge in [0, 0.05) is 5.56 Å². The molecule has 1 aromatic heterocycles. The lowest BCUT2D eigenvalue weighted by Crippen LogP contribution is -2.33. The van der Waals surface area contributed by atoms with Gasteiger partial charge in [-0.25, -0.2) is 0 Å². The summed E-state index contributed by atoms with van der Waals surface area (Å²) in [7, 11) is 0. The molecule has 2 aliphatic rings. The highest BCUT2D eigenvalue weighted by molar-refractivity contribution is 5.60. The van der Waals surface area contributed by atoms with Crippen molar-refractivity contribution in [3.8, 4) is 23.0 Å². The second-order valence-corrected chi connectivity index (χ2v) is 7.48. The minimum Gasteiger partial charge on any atom is -0.454 e. The van der Waals surface area contributed by atoms with Crippen LogP contribution in [0.3, 0.4) is 0 Å². The van der Waals surface area contributed by atoms with Crippen molar-refractivity contribution in [2.24, 2.45) is 5.92 Å². The number of ether oxygens (including phenoxy) is 2. The van der Waals surface area contributed by atoms with E-state index in [9.17, 15) is 0 Å². The highest BCUT2D eigenvalue weighted by Crippen LogP contribution is 2.35. The fourth-order valence-corrected chi connectivity index (χ4v) is 3.95. The molecule has 0 atom stereocenters. The summed E-state index contributed by atoms with van der Waals surface area (Å²) >= 11 is 0. The Labute approximate surface area is 164 Å². The normalized spacial score (nSPS) is 17.1. The van der Waals surface area contributed by atoms with Gasteiger partial charge in [-0.3, -0.25) is 4.90 Å². The number of benzene rings is 2. The maximum absolute atomic E-state index is 5.89. The molecule has 0 aliphatic carbocycles. The van der Waals surface area contributed by atoms with Crippen LogP contribution in [0.1, 0.15) is 24.3 Å². The first-order valence-corrected chi connectivity index (χ1v) is 9.82. The third kappa shape index (κ3) is 3.73. The number of piperidine rings is 1. The molecule has 0 amide bonds. The lowest BCUT2D eigenvalue weighted by atomic mass is 9.90. The minimum atomic E-state index is 0.258. The fourth-order valence-electron chi connectivity index (χ4n) is 3.95. The van der Waals surface area contributed by atoms with Crippen molar-refractivity contribution in [2.45, 2.75) is 25.8 Å². The van der Waals surface area contributed by atoms with Crippen molar-refractivity contribution in [2.75, 3.05) is 19.9 Å². The average Bonchev–Trinajstić information content (AvgIpc) is 3.39. The molecule has 0 bridgehead atoms. The van der Waals surface area contributed by atoms with E-state index in [0.717, 1.165) is 36.1 Å². The van der Waals surface area contributed by atoms with Gasteiger partial charge in [0.05, 0.1) is 6.54 Å². The molecular weight excluding hydrogens is 354 g/mol. The molecule has 28 heavy (non-hydrogen) atoms. The largest absolute Gasteiger partial charge is 0.454 e. The molecular formula is C22H23N3O3. The summed E-state index contributed by atoms with van der Waals surface area (Å²) in [6.45, 7) is 3.10. The van der Waals surface area contributed by atoms with E-state index in [-0.39, 0.29) is 6.79 Å². The quantitative estimate of drug-likeness (QED) is 0.672. The maximum atomic E-state index is 5.89. The van der Waals surface area contributed by atoms with Crippen LogP contribution in [0.2, 0.25) is 0 Å². The minimum absolute atomic E-state index is 0.258. The number of hydrogen-bond acceptors (Lipinski definition) is 6. The first-order chi connectivity index (χ1) is 13.8. The van der Waals surface area contributed by atoms with Crippen LogP contribution in [0.4, 0.5) is 0 Å². The number of nitrogens with zero attached hydrogens (tertiary/aromatic N) is 3. The molecule has 1 fully saturated rings. The van der Waals surface area contributed by atoms with Crippen LogP contribution >= 0.6 is 0 Å². The van der Waals surface area contributed by atoms with Gasteiger partial charge in [0.1, 0.15) is 0 Å². The molecule has 0 saturated carbocycles. The van der Waals surface area contributed by atoms with Gasteiger partial charge in [-0.1, -0.05) is 30.3 Å². The summed E-state index contributed by atoms with van der Waals surface area (Å²) in [5.41, 5.74) is 2.29. The Balaban J connectivity index is 1.17. The summed E-state index contributed by atoms with van der Waals surface area (Å²) < 4.78 is 16.7. The van der Waals surface area contributed by atoms with Crippen LogP contribution in [-0.4, -0.2) is 35.0 Å². The Morgan fingerprint density at radius 3 is 2.61 bits per heavy atom. The number of hydrogen-bond donors (Lipinski definition) is 0. The van der Waals surface area contributed by atoms with Crippen molar-refractivity contribution in [1.29, 1.82) is 0 Å². The molecule has 0 unspecified atom stereocenters. The summed E-state index contributed by atoms with van der Waals surface area (Å²) in [5, 5.41) is 8.45. The Kier molecular flexibility index (Phi) is 4.71. The van der Waals surface area contributed by atoms with E-state index in [0.29, 0.717) is 18.3 Å². The Bertz CT molecular complexity index is 933. The van der Waals surface area contributed by atoms with Gasteiger partial charge in [-0.15, -0.1) is 10.2 Å². The van der Waals surface area contributed by atoms with Gasteiger partial charge in [-0.05, 0) is 62.0 Å². The van der Waals surface area contributed by atoms with Gasteiger partial charge in [0.2, 0.25) is 18.6 Å². The number of fused-ring (bicyclic) bond motifs is 1. The first-order valence-electron chi connectivity index (χ1n) is 9.82. The van der Waals surface area contributed by atoms with Crippen LogP contribution in [0, 0.1) is 5.92 Å². The average molecular weight is 377 g/mol. The summed E-state index contributed by atoms with van der Waals surface area (Å²) in [4.78, 5) is 2.40. The zero-order valence-electron chi connectivity index (χ0n) is 15.7. The molecule has 6 heteroatoms. The molecule has 0 N–H and O–H groups in total. The Hall–Kier alpha value is -2.86. The van der Waals surface area contributed by atoms with E-state index >= 15 is 0 Å². The second-order valence-electron chi connectivity index (χ2n) is 7.48. The van der Waals surface area contributed by atoms with Gasteiger partial charge in [0.25, 0.3) is 0 Å². The van der Waals surface area contributed by atoms with Crippen molar-refractivity contribution in [1.82, 2.24) is 15.1 Å².